The normalized spacial score (nSPS) is 17.7. The topological polar surface area (TPSA) is 68.2 Å². The fourth-order valence-electron chi connectivity index (χ4n) is 2.78. The van der Waals surface area contributed by atoms with Crippen molar-refractivity contribution in [1.29, 1.82) is 0 Å². The van der Waals surface area contributed by atoms with Gasteiger partial charge in [0.05, 0.1) is 13.2 Å². The van der Waals surface area contributed by atoms with Crippen molar-refractivity contribution >= 4 is 5.91 Å². The Morgan fingerprint density at radius 2 is 2.39 bits per heavy atom. The molecule has 1 aliphatic heterocycles. The van der Waals surface area contributed by atoms with E-state index in [9.17, 15) is 4.79 Å². The predicted octanol–water partition coefficient (Wildman–Crippen LogP) is 1.75. The highest BCUT2D eigenvalue weighted by Gasteiger charge is 2.17. The van der Waals surface area contributed by atoms with Crippen LogP contribution in [0.15, 0.2) is 36.5 Å². The monoisotopic (exact) mass is 314 g/mol. The highest BCUT2D eigenvalue weighted by molar-refractivity contribution is 5.92. The van der Waals surface area contributed by atoms with Crippen molar-refractivity contribution in [3.8, 4) is 5.75 Å². The molecule has 2 N–H and O–H groups in total. The second-order valence-corrected chi connectivity index (χ2v) is 5.72. The number of hydrogen-bond donors (Lipinski definition) is 2. The Morgan fingerprint density at radius 1 is 1.48 bits per heavy atom. The number of ether oxygens (including phenoxy) is 1. The molecule has 23 heavy (non-hydrogen) atoms. The first-order valence-corrected chi connectivity index (χ1v) is 7.93. The molecule has 1 atom stereocenters. The van der Waals surface area contributed by atoms with Crippen LogP contribution in [0.3, 0.4) is 0 Å². The lowest BCUT2D eigenvalue weighted by atomic mass is 10.1. The Hall–Kier alpha value is -2.34. The Morgan fingerprint density at radius 3 is 3.17 bits per heavy atom. The molecule has 6 nitrogen and oxygen atoms in total. The van der Waals surface area contributed by atoms with Gasteiger partial charge in [0.1, 0.15) is 11.4 Å². The summed E-state index contributed by atoms with van der Waals surface area (Å²) < 4.78 is 7.08. The van der Waals surface area contributed by atoms with Crippen molar-refractivity contribution in [2.24, 2.45) is 0 Å². The number of aromatic nitrogens is 2. The summed E-state index contributed by atoms with van der Waals surface area (Å²) in [5.74, 6) is 0.626. The van der Waals surface area contributed by atoms with Gasteiger partial charge in [-0.1, -0.05) is 12.1 Å². The first-order valence-electron chi connectivity index (χ1n) is 7.93. The van der Waals surface area contributed by atoms with E-state index < -0.39 is 0 Å². The van der Waals surface area contributed by atoms with Gasteiger partial charge in [0, 0.05) is 19.3 Å². The molecule has 6 heteroatoms. The molecule has 1 aromatic carbocycles. The fourth-order valence-corrected chi connectivity index (χ4v) is 2.78. The maximum Gasteiger partial charge on any atom is 0.272 e. The van der Waals surface area contributed by atoms with Crippen molar-refractivity contribution in [2.45, 2.75) is 25.4 Å². The van der Waals surface area contributed by atoms with Crippen molar-refractivity contribution in [2.75, 3.05) is 20.2 Å². The van der Waals surface area contributed by atoms with Crippen LogP contribution in [0.5, 0.6) is 5.75 Å². The number of methoxy groups -OCH3 is 1. The summed E-state index contributed by atoms with van der Waals surface area (Å²) in [5, 5.41) is 10.7. The van der Waals surface area contributed by atoms with Gasteiger partial charge in [-0.3, -0.25) is 9.48 Å². The van der Waals surface area contributed by atoms with Gasteiger partial charge in [-0.05, 0) is 43.1 Å². The Balaban J connectivity index is 1.58. The van der Waals surface area contributed by atoms with Crippen molar-refractivity contribution in [3.05, 3.63) is 47.8 Å². The molecule has 0 radical (unpaired) electrons. The highest BCUT2D eigenvalue weighted by atomic mass is 16.5. The third-order valence-corrected chi connectivity index (χ3v) is 4.07. The van der Waals surface area contributed by atoms with Crippen LogP contribution in [-0.2, 0) is 6.54 Å². The summed E-state index contributed by atoms with van der Waals surface area (Å²) in [7, 11) is 1.63. The summed E-state index contributed by atoms with van der Waals surface area (Å²) in [4.78, 5) is 12.2. The Labute approximate surface area is 135 Å². The van der Waals surface area contributed by atoms with E-state index in [4.69, 9.17) is 4.74 Å². The second-order valence-electron chi connectivity index (χ2n) is 5.72. The second kappa shape index (κ2) is 7.28. The standard InChI is InChI=1S/C17H22N4O2/c1-23-15-6-2-4-13(10-15)11-19-17(22)16-7-9-21(20-16)14-5-3-8-18-12-14/h2,4,6-7,9-10,14,18H,3,5,8,11-12H2,1H3,(H,19,22). The summed E-state index contributed by atoms with van der Waals surface area (Å²) in [6.07, 6.45) is 4.12. The number of benzene rings is 1. The molecule has 0 aliphatic carbocycles. The third kappa shape index (κ3) is 3.90. The van der Waals surface area contributed by atoms with Gasteiger partial charge in [-0.25, -0.2) is 0 Å². The summed E-state index contributed by atoms with van der Waals surface area (Å²) in [5.41, 5.74) is 1.45. The van der Waals surface area contributed by atoms with E-state index in [0.717, 1.165) is 37.2 Å². The van der Waals surface area contributed by atoms with Crippen LogP contribution >= 0.6 is 0 Å². The summed E-state index contributed by atoms with van der Waals surface area (Å²) >= 11 is 0. The minimum Gasteiger partial charge on any atom is -0.497 e. The summed E-state index contributed by atoms with van der Waals surface area (Å²) in [6, 6.07) is 9.76. The van der Waals surface area contributed by atoms with Gasteiger partial charge < -0.3 is 15.4 Å². The van der Waals surface area contributed by atoms with Crippen LogP contribution in [0.25, 0.3) is 0 Å². The number of rotatable bonds is 5. The number of carbonyl (C=O) groups is 1. The minimum absolute atomic E-state index is 0.157. The largest absolute Gasteiger partial charge is 0.497 e. The molecule has 122 valence electrons. The van der Waals surface area contributed by atoms with Gasteiger partial charge in [0.2, 0.25) is 0 Å². The van der Waals surface area contributed by atoms with E-state index in [-0.39, 0.29) is 5.91 Å². The van der Waals surface area contributed by atoms with E-state index in [2.05, 4.69) is 15.7 Å². The molecule has 1 fully saturated rings. The molecule has 3 rings (SSSR count). The van der Waals surface area contributed by atoms with E-state index in [1.165, 1.54) is 0 Å². The van der Waals surface area contributed by atoms with Crippen LogP contribution in [-0.4, -0.2) is 35.9 Å². The van der Waals surface area contributed by atoms with E-state index in [0.29, 0.717) is 18.3 Å². The maximum atomic E-state index is 12.2. The Bertz CT molecular complexity index is 662. The van der Waals surface area contributed by atoms with Crippen LogP contribution in [0.4, 0.5) is 0 Å². The third-order valence-electron chi connectivity index (χ3n) is 4.07. The van der Waals surface area contributed by atoms with Crippen LogP contribution in [0.2, 0.25) is 0 Å². The smallest absolute Gasteiger partial charge is 0.272 e. The first kappa shape index (κ1) is 15.6. The van der Waals surface area contributed by atoms with Crippen molar-refractivity contribution < 1.29 is 9.53 Å². The maximum absolute atomic E-state index is 12.2. The number of amides is 1. The zero-order chi connectivity index (χ0) is 16.1. The van der Waals surface area contributed by atoms with Crippen LogP contribution in [0, 0.1) is 0 Å². The average molecular weight is 314 g/mol. The average Bonchev–Trinajstić information content (AvgIpc) is 3.11. The molecule has 0 saturated carbocycles. The lowest BCUT2D eigenvalue weighted by Gasteiger charge is -2.22. The van der Waals surface area contributed by atoms with Crippen LogP contribution < -0.4 is 15.4 Å². The molecule has 2 heterocycles. The van der Waals surface area contributed by atoms with E-state index in [1.807, 2.05) is 35.1 Å². The molecule has 0 spiro atoms. The molecule has 0 bridgehead atoms. The minimum atomic E-state index is -0.157. The molecule has 1 amide bonds. The molecule has 2 aromatic rings. The number of hydrogen-bond acceptors (Lipinski definition) is 4. The molecular weight excluding hydrogens is 292 g/mol. The molecule has 1 aromatic heterocycles. The number of nitrogens with one attached hydrogen (secondary N) is 2. The number of carbonyl (C=O) groups excluding carboxylic acids is 1. The van der Waals surface area contributed by atoms with Crippen molar-refractivity contribution in [3.63, 3.8) is 0 Å². The molecule has 1 saturated heterocycles. The van der Waals surface area contributed by atoms with Gasteiger partial charge in [0.15, 0.2) is 0 Å². The molecule has 1 aliphatic rings. The Kier molecular flexibility index (Phi) is 4.92. The summed E-state index contributed by atoms with van der Waals surface area (Å²) in [6.45, 7) is 2.42. The quantitative estimate of drug-likeness (QED) is 0.882. The highest BCUT2D eigenvalue weighted by Crippen LogP contribution is 2.16. The SMILES string of the molecule is COc1cccc(CNC(=O)c2ccn(C3CCCNC3)n2)c1. The van der Waals surface area contributed by atoms with Gasteiger partial charge in [-0.2, -0.15) is 5.10 Å². The van der Waals surface area contributed by atoms with E-state index in [1.54, 1.807) is 13.2 Å². The fraction of sp³-hybridized carbons (Fsp3) is 0.412. The van der Waals surface area contributed by atoms with Gasteiger partial charge >= 0.3 is 0 Å². The zero-order valence-electron chi connectivity index (χ0n) is 13.3. The van der Waals surface area contributed by atoms with E-state index >= 15 is 0 Å². The lowest BCUT2D eigenvalue weighted by molar-refractivity contribution is 0.0944. The number of nitrogens with zero attached hydrogens (tertiary/aromatic N) is 2. The predicted molar refractivity (Wildman–Crippen MR) is 87.5 cm³/mol. The number of piperidine rings is 1. The van der Waals surface area contributed by atoms with Crippen molar-refractivity contribution in [1.82, 2.24) is 20.4 Å². The zero-order valence-corrected chi connectivity index (χ0v) is 13.3. The van der Waals surface area contributed by atoms with Gasteiger partial charge in [-0.15, -0.1) is 0 Å². The lowest BCUT2D eigenvalue weighted by Crippen LogP contribution is -2.32. The van der Waals surface area contributed by atoms with Gasteiger partial charge in [0.25, 0.3) is 5.91 Å². The first-order chi connectivity index (χ1) is 11.3. The van der Waals surface area contributed by atoms with Crippen LogP contribution in [0.1, 0.15) is 34.9 Å². The molecular formula is C17H22N4O2. The molecule has 1 unspecified atom stereocenters.